The van der Waals surface area contributed by atoms with Crippen molar-refractivity contribution in [1.82, 2.24) is 35.6 Å². The van der Waals surface area contributed by atoms with E-state index in [1.54, 1.807) is 29.2 Å². The van der Waals surface area contributed by atoms with E-state index in [-0.39, 0.29) is 56.8 Å². The number of oxazole rings is 1. The highest BCUT2D eigenvalue weighted by molar-refractivity contribution is 5.82. The molecule has 18 heteroatoms. The number of hydrogen-bond donors (Lipinski definition) is 4. The van der Waals surface area contributed by atoms with Gasteiger partial charge in [0, 0.05) is 56.3 Å². The number of aromatic nitrogens is 3. The zero-order valence-electron chi connectivity index (χ0n) is 30.9. The van der Waals surface area contributed by atoms with Crippen LogP contribution in [0.5, 0.6) is 0 Å². The van der Waals surface area contributed by atoms with Crippen LogP contribution in [0.15, 0.2) is 69.6 Å². The molecule has 0 unspecified atom stereocenters. The van der Waals surface area contributed by atoms with Crippen molar-refractivity contribution >= 4 is 11.8 Å². The molecule has 0 bridgehead atoms. The summed E-state index contributed by atoms with van der Waals surface area (Å²) in [6, 6.07) is 13.0. The Hall–Kier alpha value is -4.75. The van der Waals surface area contributed by atoms with Crippen molar-refractivity contribution < 1.29 is 50.9 Å². The van der Waals surface area contributed by atoms with E-state index in [1.807, 2.05) is 42.3 Å². The maximum Gasteiger partial charge on any atom is 0.405 e. The van der Waals surface area contributed by atoms with Crippen molar-refractivity contribution in [2.45, 2.75) is 69.1 Å². The third-order valence-electron chi connectivity index (χ3n) is 10.1. The molecule has 4 heterocycles. The maximum atomic E-state index is 13.7. The molecule has 56 heavy (non-hydrogen) atoms. The molecule has 2 aliphatic heterocycles. The van der Waals surface area contributed by atoms with Crippen LogP contribution in [0.2, 0.25) is 0 Å². The van der Waals surface area contributed by atoms with Gasteiger partial charge in [-0.2, -0.15) is 13.2 Å². The molecule has 2 aromatic carbocycles. The van der Waals surface area contributed by atoms with Gasteiger partial charge in [0.2, 0.25) is 29.5 Å². The van der Waals surface area contributed by atoms with Gasteiger partial charge < -0.3 is 34.4 Å². The first kappa shape index (κ1) is 40.9. The number of nitrogens with one attached hydrogen (secondary N) is 2. The fourth-order valence-electron chi connectivity index (χ4n) is 6.93. The van der Waals surface area contributed by atoms with Gasteiger partial charge in [-0.1, -0.05) is 18.2 Å². The minimum atomic E-state index is -4.66. The average Bonchev–Trinajstić information content (AvgIpc) is 3.86. The Morgan fingerprint density at radius 2 is 1.77 bits per heavy atom. The average molecular weight is 788 g/mol. The third-order valence-corrected chi connectivity index (χ3v) is 10.1. The topological polar surface area (TPSA) is 179 Å². The largest absolute Gasteiger partial charge is 0.439 e. The van der Waals surface area contributed by atoms with Crippen LogP contribution in [0, 0.1) is 11.7 Å². The summed E-state index contributed by atoms with van der Waals surface area (Å²) < 4.78 is 70.4. The monoisotopic (exact) mass is 787 g/mol. The Labute approximate surface area is 320 Å². The Bertz CT molecular complexity index is 1910. The number of piperazine rings is 1. The van der Waals surface area contributed by atoms with E-state index in [9.17, 15) is 37.4 Å². The van der Waals surface area contributed by atoms with E-state index in [0.29, 0.717) is 36.5 Å². The number of aliphatic hydroxyl groups is 2. The SMILES string of the molecule is CC(C)(c1ncc(-c2ccc(F)cc2)o1)N1CCN(C[C@@H](O)C[C@@H](Cc2nnc(-c3ccccc3)o2)C(=O)N[C@H]2CCOC[C@H]2O)[C@H](C(=O)NCC(F)(F)F)C1. The molecule has 14 nitrogen and oxygen atoms in total. The molecule has 5 atom stereocenters. The Morgan fingerprint density at radius 3 is 2.48 bits per heavy atom. The van der Waals surface area contributed by atoms with Gasteiger partial charge in [0.1, 0.15) is 18.4 Å². The van der Waals surface area contributed by atoms with Gasteiger partial charge in [0.25, 0.3) is 0 Å². The Balaban J connectivity index is 1.18. The number of amides is 2. The predicted octanol–water partition coefficient (Wildman–Crippen LogP) is 3.31. The lowest BCUT2D eigenvalue weighted by atomic mass is 9.94. The normalized spacial score (nSPS) is 21.0. The number of rotatable bonds is 14. The van der Waals surface area contributed by atoms with Crippen LogP contribution in [-0.2, 0) is 26.3 Å². The molecule has 2 amide bonds. The quantitative estimate of drug-likeness (QED) is 0.137. The molecule has 302 valence electrons. The summed E-state index contributed by atoms with van der Waals surface area (Å²) in [6.07, 6.45) is -5.16. The summed E-state index contributed by atoms with van der Waals surface area (Å²) >= 11 is 0. The van der Waals surface area contributed by atoms with Crippen molar-refractivity contribution in [3.05, 3.63) is 78.4 Å². The van der Waals surface area contributed by atoms with E-state index < -0.39 is 66.1 Å². The first-order valence-electron chi connectivity index (χ1n) is 18.3. The Morgan fingerprint density at radius 1 is 1.02 bits per heavy atom. The second kappa shape index (κ2) is 17.6. The minimum Gasteiger partial charge on any atom is -0.439 e. The summed E-state index contributed by atoms with van der Waals surface area (Å²) in [7, 11) is 0. The molecule has 4 aromatic rings. The van der Waals surface area contributed by atoms with E-state index in [1.165, 1.54) is 18.3 Å². The van der Waals surface area contributed by atoms with Gasteiger partial charge in [-0.15, -0.1) is 10.2 Å². The van der Waals surface area contributed by atoms with E-state index in [2.05, 4.69) is 20.5 Å². The molecule has 4 N–H and O–H groups in total. The fourth-order valence-corrected chi connectivity index (χ4v) is 6.93. The van der Waals surface area contributed by atoms with E-state index in [4.69, 9.17) is 13.6 Å². The number of carbonyl (C=O) groups is 2. The molecule has 0 radical (unpaired) electrons. The number of hydrogen-bond acceptors (Lipinski definition) is 12. The molecule has 2 aliphatic rings. The van der Waals surface area contributed by atoms with Crippen LogP contribution in [-0.4, -0.2) is 123 Å². The first-order chi connectivity index (χ1) is 26.7. The van der Waals surface area contributed by atoms with Crippen molar-refractivity contribution in [1.29, 1.82) is 0 Å². The molecule has 2 aromatic heterocycles. The maximum absolute atomic E-state index is 13.7. The number of aliphatic hydroxyl groups excluding tert-OH is 2. The molecular formula is C38H45F4N7O7. The highest BCUT2D eigenvalue weighted by Gasteiger charge is 2.43. The summed E-state index contributed by atoms with van der Waals surface area (Å²) in [4.78, 5) is 35.1. The number of ether oxygens (including phenoxy) is 1. The molecule has 2 fully saturated rings. The standard InChI is InChI=1S/C38H45F4N7O7/c1-37(2,36-43-18-31(55-36)23-8-10-26(39)11-9-23)49-14-13-48(29(20-49)34(53)44-22-38(40,41)42)19-27(50)16-25(33(52)45-28-12-15-54-21-30(28)51)17-32-46-47-35(56-32)24-6-4-3-5-7-24/h3-11,18,25,27-30,50-51H,12-17,19-22H2,1-2H3,(H,44,53)(H,45,52)/t25-,27-,28-,29-,30+/m0/s1. The van der Waals surface area contributed by atoms with E-state index >= 15 is 0 Å². The van der Waals surface area contributed by atoms with Crippen molar-refractivity contribution in [2.24, 2.45) is 5.92 Å². The van der Waals surface area contributed by atoms with Crippen LogP contribution < -0.4 is 10.6 Å². The van der Waals surface area contributed by atoms with Gasteiger partial charge in [0.15, 0.2) is 5.76 Å². The molecule has 0 spiro atoms. The van der Waals surface area contributed by atoms with Crippen molar-refractivity contribution in [3.63, 3.8) is 0 Å². The Kier molecular flexibility index (Phi) is 12.8. The second-order valence-corrected chi connectivity index (χ2v) is 14.6. The number of alkyl halides is 3. The molecule has 0 aliphatic carbocycles. The van der Waals surface area contributed by atoms with Crippen LogP contribution in [0.1, 0.15) is 38.5 Å². The number of halogens is 4. The number of carbonyl (C=O) groups excluding carboxylic acids is 2. The predicted molar refractivity (Wildman–Crippen MR) is 192 cm³/mol. The van der Waals surface area contributed by atoms with Gasteiger partial charge in [0.05, 0.1) is 36.6 Å². The van der Waals surface area contributed by atoms with Crippen LogP contribution in [0.3, 0.4) is 0 Å². The highest BCUT2D eigenvalue weighted by atomic mass is 19.4. The molecule has 2 saturated heterocycles. The van der Waals surface area contributed by atoms with Crippen LogP contribution >= 0.6 is 0 Å². The number of β-amino-alcohol motifs (C(OH)–C–C–N with tert-alkyl or cyclic N) is 1. The lowest BCUT2D eigenvalue weighted by molar-refractivity contribution is -0.145. The third kappa shape index (κ3) is 10.4. The second-order valence-electron chi connectivity index (χ2n) is 14.6. The minimum absolute atomic E-state index is 0.0481. The van der Waals surface area contributed by atoms with Crippen LogP contribution in [0.25, 0.3) is 22.8 Å². The van der Waals surface area contributed by atoms with Gasteiger partial charge in [-0.3, -0.25) is 19.4 Å². The van der Waals surface area contributed by atoms with Gasteiger partial charge >= 0.3 is 6.18 Å². The lowest BCUT2D eigenvalue weighted by Crippen LogP contribution is -2.63. The van der Waals surface area contributed by atoms with Crippen LogP contribution in [0.4, 0.5) is 17.6 Å². The van der Waals surface area contributed by atoms with Crippen molar-refractivity contribution in [3.8, 4) is 22.8 Å². The molecular weight excluding hydrogens is 742 g/mol. The number of benzene rings is 2. The lowest BCUT2D eigenvalue weighted by Gasteiger charge is -2.46. The molecule has 6 rings (SSSR count). The first-order valence-corrected chi connectivity index (χ1v) is 18.3. The number of nitrogens with zero attached hydrogens (tertiary/aromatic N) is 5. The van der Waals surface area contributed by atoms with Crippen molar-refractivity contribution in [2.75, 3.05) is 45.9 Å². The highest BCUT2D eigenvalue weighted by Crippen LogP contribution is 2.33. The fraction of sp³-hybridized carbons (Fsp3) is 0.500. The van der Waals surface area contributed by atoms with Gasteiger partial charge in [-0.05, 0) is 63.1 Å². The van der Waals surface area contributed by atoms with E-state index in [0.717, 1.165) is 0 Å². The summed E-state index contributed by atoms with van der Waals surface area (Å²) in [6.45, 7) is 2.72. The smallest absolute Gasteiger partial charge is 0.405 e. The zero-order chi connectivity index (χ0) is 40.0. The summed E-state index contributed by atoms with van der Waals surface area (Å²) in [5.41, 5.74) is 0.327. The summed E-state index contributed by atoms with van der Waals surface area (Å²) in [5, 5.41) is 35.0. The molecule has 0 saturated carbocycles. The van der Waals surface area contributed by atoms with Gasteiger partial charge in [-0.25, -0.2) is 9.37 Å². The summed E-state index contributed by atoms with van der Waals surface area (Å²) in [5.74, 6) is -1.67. The zero-order valence-corrected chi connectivity index (χ0v) is 30.9.